The number of rotatable bonds is 21. The van der Waals surface area contributed by atoms with Crippen LogP contribution in [0.3, 0.4) is 0 Å². The average molecular weight is 522 g/mol. The van der Waals surface area contributed by atoms with E-state index in [0.717, 1.165) is 19.3 Å². The average Bonchev–Trinajstić information content (AvgIpc) is 2.82. The molecule has 1 heterocycles. The van der Waals surface area contributed by atoms with Gasteiger partial charge in [0.15, 0.2) is 0 Å². The topological polar surface area (TPSA) is 77.8 Å². The monoisotopic (exact) mass is 521 g/mol. The van der Waals surface area contributed by atoms with Crippen LogP contribution in [0, 0.1) is 0 Å². The summed E-state index contributed by atoms with van der Waals surface area (Å²) >= 11 is 0. The molecule has 0 aromatic carbocycles. The van der Waals surface area contributed by atoms with Gasteiger partial charge in [0.2, 0.25) is 0 Å². The fraction of sp³-hybridized carbons (Fsp3) is 0.806. The first kappa shape index (κ1) is 33.0. The second kappa shape index (κ2) is 20.0. The minimum atomic E-state index is -0.597. The molecule has 1 atom stereocenters. The van der Waals surface area contributed by atoms with Crippen LogP contribution in [0.25, 0.3) is 0 Å². The van der Waals surface area contributed by atoms with E-state index in [1.807, 2.05) is 27.7 Å². The molecule has 1 aromatic rings. The Hall–Kier alpha value is -1.98. The Kier molecular flexibility index (Phi) is 17.9. The van der Waals surface area contributed by atoms with Crippen molar-refractivity contribution in [1.29, 1.82) is 0 Å². The van der Waals surface area contributed by atoms with Gasteiger partial charge in [-0.25, -0.2) is 9.59 Å². The van der Waals surface area contributed by atoms with Crippen molar-refractivity contribution in [2.45, 2.75) is 155 Å². The van der Waals surface area contributed by atoms with E-state index in [0.29, 0.717) is 24.5 Å². The fourth-order valence-corrected chi connectivity index (χ4v) is 4.42. The molecule has 0 saturated heterocycles. The molecular weight excluding hydrogens is 466 g/mol. The molecule has 0 saturated carbocycles. The highest BCUT2D eigenvalue weighted by Gasteiger charge is 2.22. The molecule has 6 nitrogen and oxygen atoms in total. The van der Waals surface area contributed by atoms with Crippen LogP contribution < -0.4 is 15.7 Å². The molecule has 0 aliphatic rings. The maximum absolute atomic E-state index is 12.2. The van der Waals surface area contributed by atoms with Gasteiger partial charge in [-0.1, -0.05) is 110 Å². The third kappa shape index (κ3) is 18.0. The number of nitrogens with one attached hydrogen (secondary N) is 1. The summed E-state index contributed by atoms with van der Waals surface area (Å²) < 4.78 is 16.6. The largest absolute Gasteiger partial charge is 0.493 e. The third-order valence-corrected chi connectivity index (χ3v) is 6.39. The van der Waals surface area contributed by atoms with E-state index in [9.17, 15) is 9.59 Å². The summed E-state index contributed by atoms with van der Waals surface area (Å²) in [5, 5.41) is 2.82. The molecule has 1 rings (SSSR count). The molecule has 0 radical (unpaired) electrons. The van der Waals surface area contributed by atoms with Crippen LogP contribution in [0.1, 0.15) is 156 Å². The van der Waals surface area contributed by atoms with Crippen molar-refractivity contribution in [2.24, 2.45) is 0 Å². The second-order valence-corrected chi connectivity index (χ2v) is 11.3. The quantitative estimate of drug-likeness (QED) is 0.163. The summed E-state index contributed by atoms with van der Waals surface area (Å²) in [6.07, 6.45) is 20.7. The van der Waals surface area contributed by atoms with E-state index in [1.165, 1.54) is 89.5 Å². The molecule has 6 heteroatoms. The van der Waals surface area contributed by atoms with Crippen molar-refractivity contribution < 1.29 is 18.7 Å². The molecular formula is C31H55NO5. The maximum atomic E-state index is 12.2. The molecule has 0 bridgehead atoms. The van der Waals surface area contributed by atoms with Crippen LogP contribution in [0.15, 0.2) is 21.3 Å². The van der Waals surface area contributed by atoms with Crippen LogP contribution in [0.2, 0.25) is 0 Å². The van der Waals surface area contributed by atoms with E-state index in [4.69, 9.17) is 13.9 Å². The Balaban J connectivity index is 2.23. The lowest BCUT2D eigenvalue weighted by atomic mass is 10.0. The second-order valence-electron chi connectivity index (χ2n) is 11.3. The lowest BCUT2D eigenvalue weighted by Gasteiger charge is -2.23. The fourth-order valence-electron chi connectivity index (χ4n) is 4.42. The molecule has 37 heavy (non-hydrogen) atoms. The molecule has 1 N–H and O–H groups in total. The van der Waals surface area contributed by atoms with Crippen molar-refractivity contribution in [3.05, 3.63) is 28.3 Å². The van der Waals surface area contributed by atoms with Gasteiger partial charge in [-0.2, -0.15) is 0 Å². The van der Waals surface area contributed by atoms with Crippen molar-refractivity contribution in [1.82, 2.24) is 5.32 Å². The number of unbranched alkanes of at least 4 members (excludes halogenated alkanes) is 14. The lowest BCUT2D eigenvalue weighted by Crippen LogP contribution is -2.35. The summed E-state index contributed by atoms with van der Waals surface area (Å²) in [7, 11) is 0. The number of hydrogen-bond acceptors (Lipinski definition) is 5. The zero-order valence-corrected chi connectivity index (χ0v) is 24.5. The number of carbonyl (C=O) groups excluding carboxylic acids is 1. The van der Waals surface area contributed by atoms with E-state index in [-0.39, 0.29) is 0 Å². The molecule has 1 amide bonds. The first-order valence-corrected chi connectivity index (χ1v) is 15.0. The van der Waals surface area contributed by atoms with Gasteiger partial charge in [-0.3, -0.25) is 0 Å². The zero-order valence-electron chi connectivity index (χ0n) is 24.5. The Bertz CT molecular complexity index is 768. The van der Waals surface area contributed by atoms with E-state index < -0.39 is 23.4 Å². The number of hydrogen-bond donors (Lipinski definition) is 1. The van der Waals surface area contributed by atoms with Crippen LogP contribution >= 0.6 is 0 Å². The summed E-state index contributed by atoms with van der Waals surface area (Å²) in [4.78, 5) is 24.4. The van der Waals surface area contributed by atoms with Crippen LogP contribution in [-0.4, -0.2) is 18.3 Å². The minimum absolute atomic E-state index is 0.395. The lowest BCUT2D eigenvalue weighted by molar-refractivity contribution is 0.0493. The third-order valence-electron chi connectivity index (χ3n) is 6.39. The summed E-state index contributed by atoms with van der Waals surface area (Å²) in [5.74, 6) is 0.885. The Morgan fingerprint density at radius 3 is 1.81 bits per heavy atom. The van der Waals surface area contributed by atoms with E-state index in [1.54, 1.807) is 6.07 Å². The van der Waals surface area contributed by atoms with Crippen LogP contribution in [-0.2, 0) is 4.74 Å². The maximum Gasteiger partial charge on any atom is 0.408 e. The molecule has 0 unspecified atom stereocenters. The van der Waals surface area contributed by atoms with Crippen molar-refractivity contribution in [3.8, 4) is 5.75 Å². The highest BCUT2D eigenvalue weighted by atomic mass is 16.6. The van der Waals surface area contributed by atoms with E-state index in [2.05, 4.69) is 12.2 Å². The van der Waals surface area contributed by atoms with Gasteiger partial charge < -0.3 is 19.2 Å². The molecule has 0 aliphatic heterocycles. The first-order chi connectivity index (χ1) is 17.7. The number of amides is 1. The van der Waals surface area contributed by atoms with E-state index >= 15 is 0 Å². The van der Waals surface area contributed by atoms with Gasteiger partial charge >= 0.3 is 11.7 Å². The van der Waals surface area contributed by atoms with Crippen molar-refractivity contribution in [3.63, 3.8) is 0 Å². The normalized spacial score (nSPS) is 12.4. The smallest absolute Gasteiger partial charge is 0.408 e. The van der Waals surface area contributed by atoms with Crippen molar-refractivity contribution in [2.75, 3.05) is 6.61 Å². The van der Waals surface area contributed by atoms with Gasteiger partial charge in [-0.15, -0.1) is 0 Å². The SMILES string of the molecule is CCCCCCCCCCCCCCCCCOc1cc([C@@H](CCC)NC(=O)OC(C)(C)C)oc(=O)c1. The van der Waals surface area contributed by atoms with Gasteiger partial charge in [0, 0.05) is 6.07 Å². The van der Waals surface area contributed by atoms with Crippen molar-refractivity contribution >= 4 is 6.09 Å². The highest BCUT2D eigenvalue weighted by Crippen LogP contribution is 2.22. The molecule has 1 aromatic heterocycles. The number of carbonyl (C=O) groups is 1. The highest BCUT2D eigenvalue weighted by molar-refractivity contribution is 5.68. The number of ether oxygens (including phenoxy) is 2. The van der Waals surface area contributed by atoms with Crippen LogP contribution in [0.5, 0.6) is 5.75 Å². The minimum Gasteiger partial charge on any atom is -0.493 e. The zero-order chi connectivity index (χ0) is 27.4. The Morgan fingerprint density at radius 2 is 1.32 bits per heavy atom. The molecule has 0 aliphatic carbocycles. The first-order valence-electron chi connectivity index (χ1n) is 15.0. The Labute approximate surface area is 226 Å². The molecule has 214 valence electrons. The van der Waals surface area contributed by atoms with Gasteiger partial charge in [0.25, 0.3) is 0 Å². The molecule has 0 fully saturated rings. The van der Waals surface area contributed by atoms with Gasteiger partial charge in [0.05, 0.1) is 18.7 Å². The standard InChI is InChI=1S/C31H55NO5/c1-6-8-9-10-11-12-13-14-15-16-17-18-19-20-21-23-35-26-24-28(36-29(33)25-26)27(22-7-2)32-30(34)37-31(3,4)5/h24-25,27H,6-23H2,1-5H3,(H,32,34)/t27-/m1/s1. The molecule has 0 spiro atoms. The predicted octanol–water partition coefficient (Wildman–Crippen LogP) is 9.26. The summed E-state index contributed by atoms with van der Waals surface area (Å²) in [5.41, 5.74) is -1.07. The summed E-state index contributed by atoms with van der Waals surface area (Å²) in [6.45, 7) is 10.3. The predicted molar refractivity (Wildman–Crippen MR) is 152 cm³/mol. The Morgan fingerprint density at radius 1 is 0.811 bits per heavy atom. The van der Waals surface area contributed by atoms with Gasteiger partial charge in [-0.05, 0) is 33.6 Å². The van der Waals surface area contributed by atoms with Gasteiger partial charge in [0.1, 0.15) is 17.1 Å². The summed E-state index contributed by atoms with van der Waals surface area (Å²) in [6, 6.07) is 2.64. The number of alkyl carbamates (subject to hydrolysis) is 1. The van der Waals surface area contributed by atoms with Crippen LogP contribution in [0.4, 0.5) is 4.79 Å².